The smallest absolute Gasteiger partial charge is 0.261 e. The molecule has 7 nitrogen and oxygen atoms in total. The van der Waals surface area contributed by atoms with Crippen LogP contribution in [0.4, 0.5) is 5.69 Å². The van der Waals surface area contributed by atoms with Gasteiger partial charge in [0.05, 0.1) is 6.54 Å². The number of nitrogens with zero attached hydrogens (tertiary/aromatic N) is 2. The summed E-state index contributed by atoms with van der Waals surface area (Å²) in [4.78, 5) is 53.0. The van der Waals surface area contributed by atoms with Crippen LogP contribution in [0.15, 0.2) is 60.7 Å². The second kappa shape index (κ2) is 9.42. The van der Waals surface area contributed by atoms with E-state index in [-0.39, 0.29) is 43.1 Å². The van der Waals surface area contributed by atoms with E-state index in [1.807, 2.05) is 12.1 Å². The molecule has 0 fully saturated rings. The van der Waals surface area contributed by atoms with Crippen molar-refractivity contribution in [2.45, 2.75) is 12.8 Å². The molecule has 4 rings (SSSR count). The number of carbonyl (C=O) groups is 4. The number of benzene rings is 3. The van der Waals surface area contributed by atoms with Crippen molar-refractivity contribution in [2.24, 2.45) is 0 Å². The van der Waals surface area contributed by atoms with Gasteiger partial charge in [-0.3, -0.25) is 24.1 Å². The highest BCUT2D eigenvalue weighted by atomic mass is 35.5. The molecule has 0 unspecified atom stereocenters. The third-order valence-electron chi connectivity index (χ3n) is 5.56. The fourth-order valence-electron chi connectivity index (χ4n) is 3.90. The summed E-state index contributed by atoms with van der Waals surface area (Å²) in [7, 11) is 1.54. The predicted octanol–water partition coefficient (Wildman–Crippen LogP) is 3.97. The molecule has 1 heterocycles. The SMILES string of the molecule is CN(CC(=O)Nc1ccc(Cl)cc1)C(=O)CCCN1C(=O)c2cccc3cccc(c23)C1=O. The van der Waals surface area contributed by atoms with Gasteiger partial charge in [0, 0.05) is 47.2 Å². The van der Waals surface area contributed by atoms with Gasteiger partial charge in [-0.2, -0.15) is 0 Å². The second-order valence-corrected chi connectivity index (χ2v) is 8.32. The lowest BCUT2D eigenvalue weighted by molar-refractivity contribution is -0.133. The van der Waals surface area contributed by atoms with Crippen LogP contribution < -0.4 is 5.32 Å². The van der Waals surface area contributed by atoms with Crippen LogP contribution in [0.3, 0.4) is 0 Å². The molecule has 8 heteroatoms. The number of halogens is 1. The Labute approximate surface area is 195 Å². The monoisotopic (exact) mass is 463 g/mol. The van der Waals surface area contributed by atoms with E-state index in [0.717, 1.165) is 5.39 Å². The van der Waals surface area contributed by atoms with E-state index in [9.17, 15) is 19.2 Å². The van der Waals surface area contributed by atoms with Gasteiger partial charge in [-0.25, -0.2) is 0 Å². The lowest BCUT2D eigenvalue weighted by atomic mass is 9.94. The Balaban J connectivity index is 1.32. The molecule has 4 amide bonds. The van der Waals surface area contributed by atoms with E-state index in [1.54, 1.807) is 48.5 Å². The Morgan fingerprint density at radius 1 is 0.939 bits per heavy atom. The molecule has 0 atom stereocenters. The number of anilines is 1. The zero-order valence-electron chi connectivity index (χ0n) is 18.0. The second-order valence-electron chi connectivity index (χ2n) is 7.88. The van der Waals surface area contributed by atoms with Crippen LogP contribution in [0.25, 0.3) is 10.8 Å². The van der Waals surface area contributed by atoms with Gasteiger partial charge in [0.15, 0.2) is 0 Å². The highest BCUT2D eigenvalue weighted by Gasteiger charge is 2.32. The molecule has 168 valence electrons. The first-order valence-corrected chi connectivity index (χ1v) is 10.9. The minimum Gasteiger partial charge on any atom is -0.336 e. The third kappa shape index (κ3) is 4.73. The van der Waals surface area contributed by atoms with Crippen molar-refractivity contribution in [3.63, 3.8) is 0 Å². The van der Waals surface area contributed by atoms with Crippen LogP contribution >= 0.6 is 11.6 Å². The van der Waals surface area contributed by atoms with Crippen molar-refractivity contribution in [2.75, 3.05) is 25.5 Å². The number of amides is 4. The fourth-order valence-corrected chi connectivity index (χ4v) is 4.03. The molecule has 0 bridgehead atoms. The molecule has 0 saturated heterocycles. The first-order valence-electron chi connectivity index (χ1n) is 10.5. The summed E-state index contributed by atoms with van der Waals surface area (Å²) in [6, 6.07) is 17.4. The summed E-state index contributed by atoms with van der Waals surface area (Å²) in [5.74, 6) is -1.29. The maximum atomic E-state index is 12.9. The quantitative estimate of drug-likeness (QED) is 0.537. The lowest BCUT2D eigenvalue weighted by Gasteiger charge is -2.27. The molecule has 0 aromatic heterocycles. The molecule has 0 saturated carbocycles. The van der Waals surface area contributed by atoms with Gasteiger partial charge in [-0.05, 0) is 48.2 Å². The zero-order chi connectivity index (χ0) is 23.5. The molecule has 0 aliphatic carbocycles. The molecular weight excluding hydrogens is 442 g/mol. The standard InChI is InChI=1S/C25H22ClN3O4/c1-28(15-21(30)27-18-12-10-17(26)11-13-18)22(31)9-4-14-29-24(32)19-7-2-5-16-6-3-8-20(23(16)19)25(29)33/h2-3,5-8,10-13H,4,9,14-15H2,1H3,(H,27,30). The molecule has 3 aromatic rings. The molecule has 0 radical (unpaired) electrons. The van der Waals surface area contributed by atoms with Crippen LogP contribution in [0.2, 0.25) is 5.02 Å². The Kier molecular flexibility index (Phi) is 6.42. The summed E-state index contributed by atoms with van der Waals surface area (Å²) in [5, 5.41) is 4.79. The Bertz CT molecular complexity index is 1210. The van der Waals surface area contributed by atoms with Crippen molar-refractivity contribution in [1.29, 1.82) is 0 Å². The van der Waals surface area contributed by atoms with Crippen molar-refractivity contribution >= 4 is 51.7 Å². The minimum absolute atomic E-state index is 0.105. The van der Waals surface area contributed by atoms with E-state index in [2.05, 4.69) is 5.32 Å². The number of carbonyl (C=O) groups excluding carboxylic acids is 4. The number of hydrogen-bond donors (Lipinski definition) is 1. The zero-order valence-corrected chi connectivity index (χ0v) is 18.8. The van der Waals surface area contributed by atoms with Crippen molar-refractivity contribution < 1.29 is 19.2 Å². The van der Waals surface area contributed by atoms with Crippen LogP contribution in [0.1, 0.15) is 33.6 Å². The largest absolute Gasteiger partial charge is 0.336 e. The maximum Gasteiger partial charge on any atom is 0.261 e. The van der Waals surface area contributed by atoms with Gasteiger partial charge < -0.3 is 10.2 Å². The topological polar surface area (TPSA) is 86.8 Å². The van der Waals surface area contributed by atoms with Crippen molar-refractivity contribution in [3.05, 3.63) is 76.8 Å². The van der Waals surface area contributed by atoms with Gasteiger partial charge in [-0.15, -0.1) is 0 Å². The Morgan fingerprint density at radius 3 is 2.15 bits per heavy atom. The van der Waals surface area contributed by atoms with Crippen molar-refractivity contribution in [3.8, 4) is 0 Å². The first-order chi connectivity index (χ1) is 15.8. The summed E-state index contributed by atoms with van der Waals surface area (Å²) >= 11 is 5.83. The van der Waals surface area contributed by atoms with E-state index < -0.39 is 0 Å². The molecular formula is C25H22ClN3O4. The summed E-state index contributed by atoms with van der Waals surface area (Å²) in [6.45, 7) is 0.0113. The average Bonchev–Trinajstić information content (AvgIpc) is 2.80. The summed E-state index contributed by atoms with van der Waals surface area (Å²) in [6.07, 6.45) is 0.408. The highest BCUT2D eigenvalue weighted by molar-refractivity contribution is 6.30. The van der Waals surface area contributed by atoms with Gasteiger partial charge >= 0.3 is 0 Å². The van der Waals surface area contributed by atoms with Gasteiger partial charge in [0.2, 0.25) is 11.8 Å². The third-order valence-corrected chi connectivity index (χ3v) is 5.81. The number of nitrogens with one attached hydrogen (secondary N) is 1. The lowest BCUT2D eigenvalue weighted by Crippen LogP contribution is -2.41. The number of rotatable bonds is 7. The molecule has 1 N–H and O–H groups in total. The Hall–Kier alpha value is -3.71. The molecule has 0 spiro atoms. The maximum absolute atomic E-state index is 12.9. The normalized spacial score (nSPS) is 12.7. The van der Waals surface area contributed by atoms with E-state index in [0.29, 0.717) is 33.6 Å². The van der Waals surface area contributed by atoms with Crippen LogP contribution in [-0.4, -0.2) is 53.6 Å². The minimum atomic E-state index is -0.354. The molecule has 3 aromatic carbocycles. The van der Waals surface area contributed by atoms with Crippen molar-refractivity contribution in [1.82, 2.24) is 9.80 Å². The highest BCUT2D eigenvalue weighted by Crippen LogP contribution is 2.30. The number of imide groups is 1. The van der Waals surface area contributed by atoms with E-state index >= 15 is 0 Å². The molecule has 33 heavy (non-hydrogen) atoms. The summed E-state index contributed by atoms with van der Waals surface area (Å²) in [5.41, 5.74) is 1.57. The van der Waals surface area contributed by atoms with Crippen LogP contribution in [0, 0.1) is 0 Å². The fraction of sp³-hybridized carbons (Fsp3) is 0.200. The predicted molar refractivity (Wildman–Crippen MR) is 126 cm³/mol. The number of likely N-dealkylation sites (N-methyl/N-ethyl adjacent to an activating group) is 1. The Morgan fingerprint density at radius 2 is 1.55 bits per heavy atom. The number of hydrogen-bond acceptors (Lipinski definition) is 4. The summed E-state index contributed by atoms with van der Waals surface area (Å²) < 4.78 is 0. The van der Waals surface area contributed by atoms with Gasteiger partial charge in [0.25, 0.3) is 11.8 Å². The first kappa shape index (κ1) is 22.5. The van der Waals surface area contributed by atoms with Crippen LogP contribution in [-0.2, 0) is 9.59 Å². The van der Waals surface area contributed by atoms with Crippen LogP contribution in [0.5, 0.6) is 0 Å². The molecule has 1 aliphatic rings. The van der Waals surface area contributed by atoms with Gasteiger partial charge in [0.1, 0.15) is 0 Å². The molecule has 1 aliphatic heterocycles. The van der Waals surface area contributed by atoms with Gasteiger partial charge in [-0.1, -0.05) is 35.9 Å². The van der Waals surface area contributed by atoms with E-state index in [1.165, 1.54) is 16.8 Å². The average molecular weight is 464 g/mol. The van der Waals surface area contributed by atoms with E-state index in [4.69, 9.17) is 11.6 Å².